The zero-order valence-electron chi connectivity index (χ0n) is 18.1. The van der Waals surface area contributed by atoms with Gasteiger partial charge in [0.15, 0.2) is 11.5 Å². The quantitative estimate of drug-likeness (QED) is 0.322. The lowest BCUT2D eigenvalue weighted by Crippen LogP contribution is -2.30. The van der Waals surface area contributed by atoms with Gasteiger partial charge in [0, 0.05) is 10.9 Å². The number of nitrogens with one attached hydrogen (secondary N) is 1. The molecular weight excluding hydrogens is 440 g/mol. The fraction of sp³-hybridized carbons (Fsp3) is 0.167. The zero-order valence-corrected chi connectivity index (χ0v) is 18.9. The van der Waals surface area contributed by atoms with E-state index in [2.05, 4.69) is 15.5 Å². The lowest BCUT2D eigenvalue weighted by Gasteiger charge is -2.06. The zero-order chi connectivity index (χ0) is 23.4. The van der Waals surface area contributed by atoms with Gasteiger partial charge in [-0.15, -0.1) is 11.3 Å². The summed E-state index contributed by atoms with van der Waals surface area (Å²) in [6.45, 7) is 4.01. The van der Waals surface area contributed by atoms with Gasteiger partial charge in [-0.2, -0.15) is 5.10 Å². The normalized spacial score (nSPS) is 11.2. The van der Waals surface area contributed by atoms with Gasteiger partial charge in [0.2, 0.25) is 0 Å². The maximum absolute atomic E-state index is 13.1. The predicted octanol–water partition coefficient (Wildman–Crippen LogP) is 3.69. The Kier molecular flexibility index (Phi) is 6.50. The van der Waals surface area contributed by atoms with Crippen LogP contribution in [0.3, 0.4) is 0 Å². The minimum absolute atomic E-state index is 0.0266. The summed E-state index contributed by atoms with van der Waals surface area (Å²) in [7, 11) is 0. The third kappa shape index (κ3) is 4.93. The van der Waals surface area contributed by atoms with Gasteiger partial charge in [-0.05, 0) is 43.2 Å². The number of aromatic nitrogens is 2. The van der Waals surface area contributed by atoms with Gasteiger partial charge in [-0.25, -0.2) is 10.4 Å². The van der Waals surface area contributed by atoms with E-state index in [1.54, 1.807) is 12.1 Å². The molecule has 168 valence electrons. The van der Waals surface area contributed by atoms with Crippen molar-refractivity contribution in [2.75, 3.05) is 6.61 Å². The highest BCUT2D eigenvalue weighted by Gasteiger charge is 2.14. The van der Waals surface area contributed by atoms with Crippen LogP contribution < -0.4 is 15.7 Å². The summed E-state index contributed by atoms with van der Waals surface area (Å²) in [5.74, 6) is -0.108. The Hall–Kier alpha value is -3.98. The molecule has 0 fully saturated rings. The first-order chi connectivity index (χ1) is 16.0. The van der Waals surface area contributed by atoms with Crippen LogP contribution >= 0.6 is 11.3 Å². The van der Waals surface area contributed by atoms with Crippen molar-refractivity contribution in [3.63, 3.8) is 0 Å². The number of ether oxygens (including phenoxy) is 1. The molecule has 0 aliphatic rings. The number of aryl methyl sites for hydroxylation is 1. The number of benzene rings is 2. The van der Waals surface area contributed by atoms with E-state index in [9.17, 15) is 14.7 Å². The van der Waals surface area contributed by atoms with E-state index >= 15 is 0 Å². The van der Waals surface area contributed by atoms with Crippen LogP contribution in [0, 0.1) is 6.92 Å². The Morgan fingerprint density at radius 1 is 1.27 bits per heavy atom. The van der Waals surface area contributed by atoms with Gasteiger partial charge in [0.05, 0.1) is 24.5 Å². The topological polar surface area (TPSA) is 106 Å². The van der Waals surface area contributed by atoms with Crippen LogP contribution in [-0.4, -0.2) is 33.4 Å². The molecule has 1 amide bonds. The number of fused-ring (bicyclic) bond motifs is 1. The molecular formula is C24H22N4O4S. The van der Waals surface area contributed by atoms with Crippen LogP contribution in [0.25, 0.3) is 21.3 Å². The molecule has 2 aromatic carbocycles. The van der Waals surface area contributed by atoms with Crippen molar-refractivity contribution in [1.29, 1.82) is 0 Å². The Bertz CT molecular complexity index is 1390. The Labute approximate surface area is 193 Å². The Morgan fingerprint density at radius 2 is 2.06 bits per heavy atom. The fourth-order valence-electron chi connectivity index (χ4n) is 3.28. The minimum atomic E-state index is -0.467. The van der Waals surface area contributed by atoms with Gasteiger partial charge < -0.3 is 9.84 Å². The highest BCUT2D eigenvalue weighted by molar-refractivity contribution is 7.17. The van der Waals surface area contributed by atoms with Crippen molar-refractivity contribution in [2.24, 2.45) is 5.10 Å². The molecule has 8 nitrogen and oxygen atoms in total. The van der Waals surface area contributed by atoms with E-state index in [1.165, 1.54) is 34.5 Å². The van der Waals surface area contributed by atoms with Crippen molar-refractivity contribution < 1.29 is 14.6 Å². The predicted molar refractivity (Wildman–Crippen MR) is 129 cm³/mol. The second-order valence-corrected chi connectivity index (χ2v) is 8.18. The number of carbonyl (C=O) groups is 1. The summed E-state index contributed by atoms with van der Waals surface area (Å²) in [4.78, 5) is 30.4. The highest BCUT2D eigenvalue weighted by Crippen LogP contribution is 2.30. The molecule has 4 aromatic rings. The summed E-state index contributed by atoms with van der Waals surface area (Å²) in [6, 6.07) is 12.7. The number of nitrogens with zero attached hydrogens (tertiary/aromatic N) is 3. The van der Waals surface area contributed by atoms with Gasteiger partial charge in [-0.1, -0.05) is 29.8 Å². The Balaban J connectivity index is 1.50. The third-order valence-corrected chi connectivity index (χ3v) is 5.81. The number of phenolic OH excluding ortho intramolecular Hbond substituents is 1. The van der Waals surface area contributed by atoms with Gasteiger partial charge in [0.25, 0.3) is 11.5 Å². The average Bonchev–Trinajstić information content (AvgIpc) is 3.23. The molecule has 0 atom stereocenters. The van der Waals surface area contributed by atoms with E-state index in [4.69, 9.17) is 4.74 Å². The highest BCUT2D eigenvalue weighted by atomic mass is 32.1. The monoisotopic (exact) mass is 462 g/mol. The number of hydrogen-bond acceptors (Lipinski definition) is 7. The van der Waals surface area contributed by atoms with Crippen molar-refractivity contribution >= 4 is 33.7 Å². The molecule has 9 heteroatoms. The lowest BCUT2D eigenvalue weighted by atomic mass is 10.1. The van der Waals surface area contributed by atoms with E-state index in [-0.39, 0.29) is 17.9 Å². The molecule has 0 saturated carbocycles. The standard InChI is InChI=1S/C24H22N4O4S/c1-3-32-20-10-16(6-9-19(20)29)11-26-27-21(30)12-28-14-25-23-22(24(28)31)18(13-33-23)17-7-4-15(2)5-8-17/h4-11,13-14,29H,3,12H2,1-2H3,(H,27,30)/b26-11+. The smallest absolute Gasteiger partial charge is 0.263 e. The second kappa shape index (κ2) is 9.66. The molecule has 33 heavy (non-hydrogen) atoms. The Morgan fingerprint density at radius 3 is 2.82 bits per heavy atom. The number of rotatable bonds is 7. The molecule has 2 N–H and O–H groups in total. The summed E-state index contributed by atoms with van der Waals surface area (Å²) in [5, 5.41) is 16.1. The van der Waals surface area contributed by atoms with Gasteiger partial charge in [-0.3, -0.25) is 14.2 Å². The van der Waals surface area contributed by atoms with Crippen molar-refractivity contribution in [1.82, 2.24) is 15.0 Å². The molecule has 0 spiro atoms. The molecule has 2 heterocycles. The number of amides is 1. The van der Waals surface area contributed by atoms with E-state index < -0.39 is 5.91 Å². The number of hydrogen-bond donors (Lipinski definition) is 2. The van der Waals surface area contributed by atoms with Crippen LogP contribution in [-0.2, 0) is 11.3 Å². The second-order valence-electron chi connectivity index (χ2n) is 7.33. The SMILES string of the molecule is CCOc1cc(/C=N/NC(=O)Cn2cnc3scc(-c4ccc(C)cc4)c3c2=O)ccc1O. The molecule has 0 radical (unpaired) electrons. The molecule has 0 bridgehead atoms. The van der Waals surface area contributed by atoms with Crippen LogP contribution in [0.4, 0.5) is 0 Å². The molecule has 0 aliphatic carbocycles. The number of hydrazone groups is 1. The molecule has 0 saturated heterocycles. The maximum atomic E-state index is 13.1. The molecule has 4 rings (SSSR count). The summed E-state index contributed by atoms with van der Waals surface area (Å²) in [5.41, 5.74) is 5.63. The first-order valence-corrected chi connectivity index (χ1v) is 11.2. The summed E-state index contributed by atoms with van der Waals surface area (Å²) >= 11 is 1.40. The van der Waals surface area contributed by atoms with Gasteiger partial charge in [0.1, 0.15) is 11.4 Å². The van der Waals surface area contributed by atoms with Crippen LogP contribution in [0.5, 0.6) is 11.5 Å². The summed E-state index contributed by atoms with van der Waals surface area (Å²) in [6.07, 6.45) is 2.80. The van der Waals surface area contributed by atoms with E-state index in [0.29, 0.717) is 28.1 Å². The largest absolute Gasteiger partial charge is 0.504 e. The molecule has 2 aromatic heterocycles. The summed E-state index contributed by atoms with van der Waals surface area (Å²) < 4.78 is 6.60. The first-order valence-electron chi connectivity index (χ1n) is 10.3. The maximum Gasteiger partial charge on any atom is 0.263 e. The average molecular weight is 463 g/mol. The molecule has 0 aliphatic heterocycles. The van der Waals surface area contributed by atoms with Crippen molar-refractivity contribution in [2.45, 2.75) is 20.4 Å². The van der Waals surface area contributed by atoms with Crippen LogP contribution in [0.15, 0.2) is 64.1 Å². The van der Waals surface area contributed by atoms with E-state index in [1.807, 2.05) is 43.5 Å². The van der Waals surface area contributed by atoms with Crippen molar-refractivity contribution in [3.8, 4) is 22.6 Å². The lowest BCUT2D eigenvalue weighted by molar-refractivity contribution is -0.121. The van der Waals surface area contributed by atoms with Crippen LogP contribution in [0.2, 0.25) is 0 Å². The number of phenols is 1. The van der Waals surface area contributed by atoms with Crippen LogP contribution in [0.1, 0.15) is 18.1 Å². The first kappa shape index (κ1) is 22.2. The number of thiophene rings is 1. The van der Waals surface area contributed by atoms with E-state index in [0.717, 1.165) is 16.7 Å². The third-order valence-electron chi connectivity index (χ3n) is 4.92. The molecule has 0 unspecified atom stereocenters. The number of carbonyl (C=O) groups excluding carboxylic acids is 1. The van der Waals surface area contributed by atoms with Gasteiger partial charge >= 0.3 is 0 Å². The fourth-order valence-corrected chi connectivity index (χ4v) is 4.18. The van der Waals surface area contributed by atoms with Crippen molar-refractivity contribution in [3.05, 3.63) is 75.7 Å². The number of aromatic hydroxyl groups is 1. The minimum Gasteiger partial charge on any atom is -0.504 e.